The van der Waals surface area contributed by atoms with Crippen LogP contribution < -0.4 is 0 Å². The van der Waals surface area contributed by atoms with Crippen LogP contribution in [0.1, 0.15) is 179 Å². The van der Waals surface area contributed by atoms with Crippen LogP contribution in [0.15, 0.2) is 0 Å². The van der Waals surface area contributed by atoms with Gasteiger partial charge in [-0.05, 0) is 62.5 Å². The number of aryl methyl sites for hydroxylation is 2. The highest BCUT2D eigenvalue weighted by Crippen LogP contribution is 2.27. The Labute approximate surface area is 209 Å². The van der Waals surface area contributed by atoms with Crippen LogP contribution in [0.3, 0.4) is 0 Å². The molecule has 1 aromatic rings. The van der Waals surface area contributed by atoms with Crippen molar-refractivity contribution in [2.24, 2.45) is 0 Å². The molecule has 0 spiro atoms. The van der Waals surface area contributed by atoms with Gasteiger partial charge in [-0.2, -0.15) is 0 Å². The summed E-state index contributed by atoms with van der Waals surface area (Å²) in [5, 5.41) is 0. The Balaban J connectivity index is 2.86. The third-order valence-corrected chi connectivity index (χ3v) is 7.52. The molecule has 0 radical (unpaired) electrons. The molecule has 0 aliphatic rings. The maximum Gasteiger partial charge on any atom is 0.0184 e. The zero-order valence-corrected chi connectivity index (χ0v) is 23.5. The number of nitrogens with one attached hydrogen (secondary N) is 1. The highest BCUT2D eigenvalue weighted by molar-refractivity contribution is 5.38. The Morgan fingerprint density at radius 1 is 0.333 bits per heavy atom. The summed E-state index contributed by atoms with van der Waals surface area (Å²) in [5.41, 5.74) is 6.80. The van der Waals surface area contributed by atoms with Gasteiger partial charge in [-0.25, -0.2) is 0 Å². The van der Waals surface area contributed by atoms with Gasteiger partial charge in [0, 0.05) is 11.4 Å². The zero-order chi connectivity index (χ0) is 24.0. The fraction of sp³-hybridized carbons (Fsp3) is 0.875. The first kappa shape index (κ1) is 30.3. The largest absolute Gasteiger partial charge is 0.362 e. The van der Waals surface area contributed by atoms with Gasteiger partial charge in [0.2, 0.25) is 0 Å². The van der Waals surface area contributed by atoms with Gasteiger partial charge in [-0.15, -0.1) is 0 Å². The highest BCUT2D eigenvalue weighted by atomic mass is 14.7. The molecule has 1 heteroatoms. The van der Waals surface area contributed by atoms with Gasteiger partial charge < -0.3 is 4.98 Å². The second-order valence-corrected chi connectivity index (χ2v) is 10.7. The van der Waals surface area contributed by atoms with Crippen molar-refractivity contribution in [2.75, 3.05) is 0 Å². The van der Waals surface area contributed by atoms with E-state index in [2.05, 4.69) is 32.7 Å². The molecule has 33 heavy (non-hydrogen) atoms. The molecule has 1 rings (SSSR count). The molecule has 0 unspecified atom stereocenters. The molecular weight excluding hydrogens is 398 g/mol. The number of aromatic nitrogens is 1. The molecule has 1 nitrogen and oxygen atoms in total. The molecule has 0 saturated heterocycles. The minimum Gasteiger partial charge on any atom is -0.362 e. The predicted molar refractivity (Wildman–Crippen MR) is 151 cm³/mol. The molecule has 1 aromatic heterocycles. The van der Waals surface area contributed by atoms with Crippen LogP contribution in [0.2, 0.25) is 0 Å². The van der Waals surface area contributed by atoms with Crippen LogP contribution >= 0.6 is 0 Å². The second kappa shape index (κ2) is 21.8. The Kier molecular flexibility index (Phi) is 20.0. The van der Waals surface area contributed by atoms with Crippen molar-refractivity contribution in [3.63, 3.8) is 0 Å². The van der Waals surface area contributed by atoms with Gasteiger partial charge in [0.05, 0.1) is 0 Å². The van der Waals surface area contributed by atoms with Crippen LogP contribution in [0, 0.1) is 0 Å². The monoisotopic (exact) mass is 459 g/mol. The van der Waals surface area contributed by atoms with Crippen LogP contribution in [-0.4, -0.2) is 4.98 Å². The second-order valence-electron chi connectivity index (χ2n) is 10.7. The number of unbranched alkanes of at least 4 members (excludes halogenated alkanes) is 16. The number of hydrogen-bond donors (Lipinski definition) is 1. The molecule has 0 aliphatic heterocycles. The topological polar surface area (TPSA) is 15.8 Å². The lowest BCUT2D eigenvalue weighted by Crippen LogP contribution is -1.99. The van der Waals surface area contributed by atoms with Crippen molar-refractivity contribution >= 4 is 0 Å². The van der Waals surface area contributed by atoms with Gasteiger partial charge in [0.1, 0.15) is 0 Å². The average molecular weight is 460 g/mol. The normalized spacial score (nSPS) is 11.5. The van der Waals surface area contributed by atoms with E-state index in [1.807, 2.05) is 0 Å². The lowest BCUT2D eigenvalue weighted by Gasteiger charge is -2.10. The van der Waals surface area contributed by atoms with Crippen molar-refractivity contribution in [2.45, 2.75) is 182 Å². The Morgan fingerprint density at radius 2 is 0.606 bits per heavy atom. The smallest absolute Gasteiger partial charge is 0.0184 e. The van der Waals surface area contributed by atoms with E-state index in [1.54, 1.807) is 22.5 Å². The molecule has 0 atom stereocenters. The van der Waals surface area contributed by atoms with Crippen LogP contribution in [-0.2, 0) is 25.7 Å². The molecule has 0 bridgehead atoms. The summed E-state index contributed by atoms with van der Waals surface area (Å²) in [5.74, 6) is 0. The number of hydrogen-bond acceptors (Lipinski definition) is 0. The Hall–Kier alpha value is -0.720. The van der Waals surface area contributed by atoms with E-state index in [0.717, 1.165) is 0 Å². The summed E-state index contributed by atoms with van der Waals surface area (Å²) < 4.78 is 0. The molecule has 194 valence electrons. The third-order valence-electron chi connectivity index (χ3n) is 7.52. The zero-order valence-electron chi connectivity index (χ0n) is 23.5. The number of H-pyrrole nitrogens is 1. The number of aromatic amines is 1. The fourth-order valence-corrected chi connectivity index (χ4v) is 5.35. The first-order chi connectivity index (χ1) is 16.3. The van der Waals surface area contributed by atoms with E-state index in [-0.39, 0.29) is 0 Å². The lowest BCUT2D eigenvalue weighted by atomic mass is 9.94. The standard InChI is InChI=1S/C32H61N/c1-5-9-13-17-21-25-29-30(26-22-18-14-10-6-2)32(28-24-20-16-12-8-4)33-31(29)27-23-19-15-11-7-3/h33H,5-28H2,1-4H3. The molecule has 0 fully saturated rings. The summed E-state index contributed by atoms with van der Waals surface area (Å²) in [6.07, 6.45) is 33.0. The van der Waals surface area contributed by atoms with Gasteiger partial charge in [0.15, 0.2) is 0 Å². The maximum atomic E-state index is 4.04. The molecule has 0 amide bonds. The van der Waals surface area contributed by atoms with E-state index in [9.17, 15) is 0 Å². The molecule has 1 N–H and O–H groups in total. The lowest BCUT2D eigenvalue weighted by molar-refractivity contribution is 0.612. The van der Waals surface area contributed by atoms with Crippen molar-refractivity contribution in [3.8, 4) is 0 Å². The first-order valence-electron chi connectivity index (χ1n) is 15.5. The van der Waals surface area contributed by atoms with Crippen molar-refractivity contribution in [1.29, 1.82) is 0 Å². The van der Waals surface area contributed by atoms with E-state index in [4.69, 9.17) is 0 Å². The molecule has 0 saturated carbocycles. The third kappa shape index (κ3) is 14.3. The van der Waals surface area contributed by atoms with Gasteiger partial charge in [-0.1, -0.05) is 130 Å². The summed E-state index contributed by atoms with van der Waals surface area (Å²) in [4.78, 5) is 4.04. The minimum absolute atomic E-state index is 1.28. The Morgan fingerprint density at radius 3 is 0.909 bits per heavy atom. The molecule has 0 aliphatic carbocycles. The van der Waals surface area contributed by atoms with E-state index in [1.165, 1.54) is 154 Å². The summed E-state index contributed by atoms with van der Waals surface area (Å²) in [6, 6.07) is 0. The summed E-state index contributed by atoms with van der Waals surface area (Å²) in [6.45, 7) is 9.29. The quantitative estimate of drug-likeness (QED) is 0.148. The van der Waals surface area contributed by atoms with Gasteiger partial charge >= 0.3 is 0 Å². The summed E-state index contributed by atoms with van der Waals surface area (Å²) in [7, 11) is 0. The van der Waals surface area contributed by atoms with Crippen LogP contribution in [0.4, 0.5) is 0 Å². The van der Waals surface area contributed by atoms with Crippen molar-refractivity contribution in [1.82, 2.24) is 4.98 Å². The van der Waals surface area contributed by atoms with E-state index >= 15 is 0 Å². The van der Waals surface area contributed by atoms with Crippen molar-refractivity contribution in [3.05, 3.63) is 22.5 Å². The maximum absolute atomic E-state index is 4.04. The van der Waals surface area contributed by atoms with E-state index < -0.39 is 0 Å². The predicted octanol–water partition coefficient (Wildman–Crippen LogP) is 11.1. The summed E-state index contributed by atoms with van der Waals surface area (Å²) >= 11 is 0. The van der Waals surface area contributed by atoms with Crippen molar-refractivity contribution < 1.29 is 0 Å². The average Bonchev–Trinajstić information content (AvgIpc) is 3.14. The SMILES string of the molecule is CCCCCCCc1[nH]c(CCCCCCC)c(CCCCCCC)c1CCCCCCC. The van der Waals surface area contributed by atoms with Crippen LogP contribution in [0.25, 0.3) is 0 Å². The first-order valence-corrected chi connectivity index (χ1v) is 15.5. The Bertz CT molecular complexity index is 494. The highest BCUT2D eigenvalue weighted by Gasteiger charge is 2.16. The molecular formula is C32H61N. The minimum atomic E-state index is 1.28. The molecule has 1 heterocycles. The fourth-order valence-electron chi connectivity index (χ4n) is 5.35. The van der Waals surface area contributed by atoms with Gasteiger partial charge in [-0.3, -0.25) is 0 Å². The molecule has 0 aromatic carbocycles. The van der Waals surface area contributed by atoms with Crippen LogP contribution in [0.5, 0.6) is 0 Å². The number of rotatable bonds is 24. The van der Waals surface area contributed by atoms with Gasteiger partial charge in [0.25, 0.3) is 0 Å². The van der Waals surface area contributed by atoms with E-state index in [0.29, 0.717) is 0 Å².